The quantitative estimate of drug-likeness (QED) is 0.662. The molecular weight excluding hydrogens is 281 g/mol. The summed E-state index contributed by atoms with van der Waals surface area (Å²) in [5.74, 6) is -2.15. The van der Waals surface area contributed by atoms with E-state index in [-0.39, 0.29) is 11.5 Å². The molecule has 0 radical (unpaired) electrons. The Morgan fingerprint density at radius 3 is 2.71 bits per heavy atom. The zero-order chi connectivity index (χ0) is 15.6. The summed E-state index contributed by atoms with van der Waals surface area (Å²) in [6, 6.07) is 5.20. The molecule has 1 aromatic carbocycles. The smallest absolute Gasteiger partial charge is 0.339 e. The lowest BCUT2D eigenvalue weighted by molar-refractivity contribution is -0.385. The first-order valence-electron chi connectivity index (χ1n) is 5.79. The van der Waals surface area contributed by atoms with Gasteiger partial charge in [0.1, 0.15) is 23.4 Å². The minimum Gasteiger partial charge on any atom is -0.478 e. The van der Waals surface area contributed by atoms with Crippen LogP contribution >= 0.6 is 0 Å². The van der Waals surface area contributed by atoms with Crippen LogP contribution in [0.1, 0.15) is 15.9 Å². The number of rotatable bonds is 4. The number of nitrogens with one attached hydrogen (secondary N) is 1. The molecule has 21 heavy (non-hydrogen) atoms. The Balaban J connectivity index is 2.44. The van der Waals surface area contributed by atoms with Crippen LogP contribution in [-0.2, 0) is 0 Å². The zero-order valence-corrected chi connectivity index (χ0v) is 10.8. The van der Waals surface area contributed by atoms with E-state index in [0.29, 0.717) is 5.56 Å². The Labute approximate surface area is 118 Å². The number of aromatic nitrogens is 1. The number of halogens is 1. The normalized spacial score (nSPS) is 10.2. The van der Waals surface area contributed by atoms with Gasteiger partial charge in [0.15, 0.2) is 0 Å². The minimum atomic E-state index is -1.40. The highest BCUT2D eigenvalue weighted by Crippen LogP contribution is 2.24. The molecule has 1 heterocycles. The average Bonchev–Trinajstić information content (AvgIpc) is 2.41. The summed E-state index contributed by atoms with van der Waals surface area (Å²) in [4.78, 5) is 24.7. The molecule has 2 rings (SSSR count). The van der Waals surface area contributed by atoms with Gasteiger partial charge in [-0.15, -0.1) is 0 Å². The Hall–Kier alpha value is -3.03. The molecule has 0 aliphatic heterocycles. The summed E-state index contributed by atoms with van der Waals surface area (Å²) in [7, 11) is 0. The third kappa shape index (κ3) is 3.11. The summed E-state index contributed by atoms with van der Waals surface area (Å²) in [5, 5.41) is 22.2. The third-order valence-electron chi connectivity index (χ3n) is 2.69. The topological polar surface area (TPSA) is 105 Å². The van der Waals surface area contributed by atoms with Crippen LogP contribution in [0.3, 0.4) is 0 Å². The van der Waals surface area contributed by atoms with E-state index in [0.717, 1.165) is 12.3 Å². The lowest BCUT2D eigenvalue weighted by atomic mass is 10.2. The number of aromatic carboxylic acids is 1. The predicted octanol–water partition coefficient (Wildman–Crippen LogP) is 2.88. The number of nitrogens with zero attached hydrogens (tertiary/aromatic N) is 2. The summed E-state index contributed by atoms with van der Waals surface area (Å²) in [5.41, 5.74) is -0.135. The Morgan fingerprint density at radius 1 is 1.43 bits per heavy atom. The van der Waals surface area contributed by atoms with Crippen LogP contribution in [0.25, 0.3) is 0 Å². The van der Waals surface area contributed by atoms with Crippen LogP contribution in [0.15, 0.2) is 30.5 Å². The number of nitro groups is 1. The predicted molar refractivity (Wildman–Crippen MR) is 72.3 cm³/mol. The molecule has 2 N–H and O–H groups in total. The second kappa shape index (κ2) is 5.53. The van der Waals surface area contributed by atoms with Gasteiger partial charge < -0.3 is 10.4 Å². The van der Waals surface area contributed by atoms with Gasteiger partial charge in [-0.3, -0.25) is 10.1 Å². The van der Waals surface area contributed by atoms with E-state index in [2.05, 4.69) is 10.3 Å². The van der Waals surface area contributed by atoms with Crippen LogP contribution in [-0.4, -0.2) is 21.0 Å². The molecule has 8 heteroatoms. The van der Waals surface area contributed by atoms with Gasteiger partial charge in [0.05, 0.1) is 10.6 Å². The second-order valence-corrected chi connectivity index (χ2v) is 4.26. The van der Waals surface area contributed by atoms with Crippen molar-refractivity contribution in [3.05, 3.63) is 57.5 Å². The van der Waals surface area contributed by atoms with Gasteiger partial charge in [-0.2, -0.15) is 0 Å². The van der Waals surface area contributed by atoms with Crippen molar-refractivity contribution >= 4 is 23.2 Å². The standard InChI is InChI=1S/C13H10FN3O4/c1-7-2-3-11(10(14)4-7)16-12-9(13(18)19)5-8(6-15-12)17(20)21/h2-6H,1H3,(H,15,16)(H,18,19). The van der Waals surface area contributed by atoms with Crippen molar-refractivity contribution in [2.24, 2.45) is 0 Å². The van der Waals surface area contributed by atoms with Gasteiger partial charge in [0.25, 0.3) is 5.69 Å². The Kier molecular flexibility index (Phi) is 3.79. The summed E-state index contributed by atoms with van der Waals surface area (Å²) >= 11 is 0. The molecule has 0 amide bonds. The van der Waals surface area contributed by atoms with Crippen molar-refractivity contribution in [1.29, 1.82) is 0 Å². The average molecular weight is 291 g/mol. The van der Waals surface area contributed by atoms with Gasteiger partial charge in [0.2, 0.25) is 0 Å². The maximum atomic E-state index is 13.7. The number of anilines is 2. The van der Waals surface area contributed by atoms with E-state index < -0.39 is 28.0 Å². The van der Waals surface area contributed by atoms with Crippen LogP contribution in [0.2, 0.25) is 0 Å². The molecule has 108 valence electrons. The van der Waals surface area contributed by atoms with Gasteiger partial charge >= 0.3 is 5.97 Å². The molecule has 0 bridgehead atoms. The third-order valence-corrected chi connectivity index (χ3v) is 2.69. The number of carbonyl (C=O) groups is 1. The Bertz CT molecular complexity index is 733. The largest absolute Gasteiger partial charge is 0.478 e. The van der Waals surface area contributed by atoms with Gasteiger partial charge in [-0.25, -0.2) is 14.2 Å². The van der Waals surface area contributed by atoms with E-state index in [1.807, 2.05) is 0 Å². The lowest BCUT2D eigenvalue weighted by Crippen LogP contribution is -2.07. The second-order valence-electron chi connectivity index (χ2n) is 4.26. The van der Waals surface area contributed by atoms with E-state index >= 15 is 0 Å². The number of hydrogen-bond acceptors (Lipinski definition) is 5. The summed E-state index contributed by atoms with van der Waals surface area (Å²) in [6.45, 7) is 1.71. The Morgan fingerprint density at radius 2 is 2.14 bits per heavy atom. The van der Waals surface area contributed by atoms with Gasteiger partial charge in [-0.05, 0) is 24.6 Å². The number of aryl methyl sites for hydroxylation is 1. The molecule has 0 saturated heterocycles. The number of pyridine rings is 1. The van der Waals surface area contributed by atoms with Crippen LogP contribution in [0.5, 0.6) is 0 Å². The molecule has 2 aromatic rings. The monoisotopic (exact) mass is 291 g/mol. The first-order valence-corrected chi connectivity index (χ1v) is 5.79. The molecule has 0 aliphatic rings. The van der Waals surface area contributed by atoms with Crippen molar-refractivity contribution in [3.63, 3.8) is 0 Å². The zero-order valence-electron chi connectivity index (χ0n) is 10.8. The van der Waals surface area contributed by atoms with Crippen LogP contribution in [0.4, 0.5) is 21.6 Å². The van der Waals surface area contributed by atoms with E-state index in [1.54, 1.807) is 13.0 Å². The minimum absolute atomic E-state index is 0.0319. The van der Waals surface area contributed by atoms with Crippen LogP contribution < -0.4 is 5.32 Å². The molecule has 1 aromatic heterocycles. The first kappa shape index (κ1) is 14.4. The number of hydrogen-bond donors (Lipinski definition) is 2. The highest BCUT2D eigenvalue weighted by Gasteiger charge is 2.18. The molecule has 0 aliphatic carbocycles. The first-order chi connectivity index (χ1) is 9.88. The van der Waals surface area contributed by atoms with Crippen molar-refractivity contribution in [1.82, 2.24) is 4.98 Å². The van der Waals surface area contributed by atoms with Crippen LogP contribution in [0, 0.1) is 22.9 Å². The summed E-state index contributed by atoms with van der Waals surface area (Å²) < 4.78 is 13.7. The number of carboxylic acids is 1. The molecule has 0 fully saturated rings. The van der Waals surface area contributed by atoms with Crippen molar-refractivity contribution < 1.29 is 19.2 Å². The van der Waals surface area contributed by atoms with E-state index in [9.17, 15) is 19.3 Å². The van der Waals surface area contributed by atoms with Crippen molar-refractivity contribution in [2.75, 3.05) is 5.32 Å². The SMILES string of the molecule is Cc1ccc(Nc2ncc([N+](=O)[O-])cc2C(=O)O)c(F)c1. The van der Waals surface area contributed by atoms with E-state index in [1.165, 1.54) is 12.1 Å². The lowest BCUT2D eigenvalue weighted by Gasteiger charge is -2.09. The van der Waals surface area contributed by atoms with Crippen molar-refractivity contribution in [2.45, 2.75) is 6.92 Å². The highest BCUT2D eigenvalue weighted by molar-refractivity contribution is 5.94. The van der Waals surface area contributed by atoms with Gasteiger partial charge in [-0.1, -0.05) is 6.07 Å². The fraction of sp³-hybridized carbons (Fsp3) is 0.0769. The maximum absolute atomic E-state index is 13.7. The fourth-order valence-corrected chi connectivity index (χ4v) is 1.67. The van der Waals surface area contributed by atoms with Gasteiger partial charge in [0, 0.05) is 6.07 Å². The summed E-state index contributed by atoms with van der Waals surface area (Å²) in [6.07, 6.45) is 0.904. The molecule has 0 spiro atoms. The number of carboxylic acid groups (broad SMARTS) is 1. The molecule has 0 atom stereocenters. The molecular formula is C13H10FN3O4. The fourth-order valence-electron chi connectivity index (χ4n) is 1.67. The maximum Gasteiger partial charge on any atom is 0.339 e. The molecule has 7 nitrogen and oxygen atoms in total. The molecule has 0 saturated carbocycles. The van der Waals surface area contributed by atoms with E-state index in [4.69, 9.17) is 5.11 Å². The molecule has 0 unspecified atom stereocenters. The van der Waals surface area contributed by atoms with Crippen molar-refractivity contribution in [3.8, 4) is 0 Å². The number of benzene rings is 1. The highest BCUT2D eigenvalue weighted by atomic mass is 19.1.